The second kappa shape index (κ2) is 4.65. The summed E-state index contributed by atoms with van der Waals surface area (Å²) in [7, 11) is 0. The quantitative estimate of drug-likeness (QED) is 0.854. The van der Waals surface area contributed by atoms with E-state index in [0.29, 0.717) is 26.9 Å². The summed E-state index contributed by atoms with van der Waals surface area (Å²) in [5.74, 6) is -0.428. The van der Waals surface area contributed by atoms with E-state index in [0.717, 1.165) is 0 Å². The molecule has 1 heterocycles. The molecule has 0 amide bonds. The smallest absolute Gasteiger partial charge is 0.349 e. The summed E-state index contributed by atoms with van der Waals surface area (Å²) in [6, 6.07) is 14.1. The number of fused-ring (bicyclic) bond motifs is 1. The maximum Gasteiger partial charge on any atom is 0.349 e. The Kier molecular flexibility index (Phi) is 2.98. The van der Waals surface area contributed by atoms with Gasteiger partial charge in [-0.2, -0.15) is 0 Å². The van der Waals surface area contributed by atoms with Crippen molar-refractivity contribution in [1.82, 2.24) is 0 Å². The van der Waals surface area contributed by atoms with Crippen LogP contribution in [0.1, 0.15) is 22.1 Å². The molecule has 2 aromatic rings. The number of cyclic esters (lactones) is 1. The van der Waals surface area contributed by atoms with Crippen molar-refractivity contribution in [1.29, 1.82) is 0 Å². The number of carbonyl (C=O) groups excluding carboxylic acids is 1. The number of anilines is 1. The van der Waals surface area contributed by atoms with Gasteiger partial charge in [-0.05, 0) is 24.3 Å². The Balaban J connectivity index is 1.94. The first-order valence-corrected chi connectivity index (χ1v) is 6.26. The van der Waals surface area contributed by atoms with E-state index >= 15 is 0 Å². The minimum Gasteiger partial charge on any atom is -0.433 e. The summed E-state index contributed by atoms with van der Waals surface area (Å²) >= 11 is 12.0. The molecule has 2 aromatic carbocycles. The summed E-state index contributed by atoms with van der Waals surface area (Å²) in [6.45, 7) is 0. The third-order valence-corrected chi connectivity index (χ3v) is 3.60. The van der Waals surface area contributed by atoms with Gasteiger partial charge in [0.25, 0.3) is 0 Å². The van der Waals surface area contributed by atoms with E-state index in [4.69, 9.17) is 27.9 Å². The first kappa shape index (κ1) is 12.2. The van der Waals surface area contributed by atoms with Gasteiger partial charge in [0, 0.05) is 5.56 Å². The summed E-state index contributed by atoms with van der Waals surface area (Å²) < 4.78 is 5.23. The summed E-state index contributed by atoms with van der Waals surface area (Å²) in [5, 5.41) is 3.87. The molecule has 1 N–H and O–H groups in total. The molecule has 0 aliphatic carbocycles. The van der Waals surface area contributed by atoms with Crippen LogP contribution in [0.4, 0.5) is 5.69 Å². The predicted molar refractivity (Wildman–Crippen MR) is 72.4 cm³/mol. The van der Waals surface area contributed by atoms with Gasteiger partial charge in [-0.3, -0.25) is 0 Å². The van der Waals surface area contributed by atoms with Crippen LogP contribution in [0.3, 0.4) is 0 Å². The number of benzene rings is 1. The fourth-order valence-electron chi connectivity index (χ4n) is 1.88. The SMILES string of the molecule is O=C1O[C@@H](Nc2cccc(Cl)c2Cl)c2ccc#cc21. The van der Waals surface area contributed by atoms with E-state index in [1.807, 2.05) is 0 Å². The molecule has 94 valence electrons. The fourth-order valence-corrected chi connectivity index (χ4v) is 2.24. The van der Waals surface area contributed by atoms with E-state index < -0.39 is 12.2 Å². The minimum absolute atomic E-state index is 0.387. The van der Waals surface area contributed by atoms with Crippen LogP contribution < -0.4 is 5.32 Å². The average molecular weight is 292 g/mol. The Morgan fingerprint density at radius 1 is 1.26 bits per heavy atom. The molecule has 0 unspecified atom stereocenters. The lowest BCUT2D eigenvalue weighted by Gasteiger charge is -2.15. The van der Waals surface area contributed by atoms with Crippen LogP contribution in [0, 0.1) is 12.1 Å². The van der Waals surface area contributed by atoms with Crippen molar-refractivity contribution in [3.05, 3.63) is 63.6 Å². The van der Waals surface area contributed by atoms with Crippen molar-refractivity contribution in [2.75, 3.05) is 5.32 Å². The number of hydrogen-bond donors (Lipinski definition) is 1. The highest BCUT2D eigenvalue weighted by Crippen LogP contribution is 2.35. The van der Waals surface area contributed by atoms with Crippen molar-refractivity contribution in [3.63, 3.8) is 0 Å². The standard InChI is InChI=1S/C14H7Cl2NO2/c15-10-6-3-7-11(12(10)16)17-13-8-4-1-2-5-9(8)14(18)19-13/h1,3-4,6-7,13,17H/t13-/m1/s1. The third-order valence-electron chi connectivity index (χ3n) is 2.78. The number of rotatable bonds is 2. The summed E-state index contributed by atoms with van der Waals surface area (Å²) in [5.41, 5.74) is 1.70. The van der Waals surface area contributed by atoms with Crippen LogP contribution in [0.25, 0.3) is 0 Å². The molecule has 1 atom stereocenters. The van der Waals surface area contributed by atoms with Crippen molar-refractivity contribution in [2.45, 2.75) is 6.23 Å². The van der Waals surface area contributed by atoms with Gasteiger partial charge in [0.15, 0.2) is 0 Å². The fraction of sp³-hybridized carbons (Fsp3) is 0.0714. The highest BCUT2D eigenvalue weighted by molar-refractivity contribution is 6.43. The van der Waals surface area contributed by atoms with Crippen LogP contribution in [0.5, 0.6) is 0 Å². The zero-order valence-corrected chi connectivity index (χ0v) is 11.0. The van der Waals surface area contributed by atoms with Gasteiger partial charge in [0.2, 0.25) is 6.23 Å². The third kappa shape index (κ3) is 2.10. The molecule has 0 spiro atoms. The number of esters is 1. The number of halogens is 2. The molecule has 0 fully saturated rings. The zero-order valence-electron chi connectivity index (χ0n) is 9.54. The van der Waals surface area contributed by atoms with Crippen molar-refractivity contribution in [3.8, 4) is 0 Å². The highest BCUT2D eigenvalue weighted by atomic mass is 35.5. The van der Waals surface area contributed by atoms with Gasteiger partial charge < -0.3 is 10.1 Å². The Morgan fingerprint density at radius 2 is 2.11 bits per heavy atom. The second-order valence-electron chi connectivity index (χ2n) is 3.96. The topological polar surface area (TPSA) is 38.3 Å². The maximum atomic E-state index is 11.6. The first-order chi connectivity index (χ1) is 9.16. The summed E-state index contributed by atoms with van der Waals surface area (Å²) in [4.78, 5) is 11.6. The maximum absolute atomic E-state index is 11.6. The van der Waals surface area contributed by atoms with E-state index in [-0.39, 0.29) is 0 Å². The number of carbonyl (C=O) groups is 1. The molecule has 3 nitrogen and oxygen atoms in total. The van der Waals surface area contributed by atoms with Crippen LogP contribution in [0.2, 0.25) is 10.0 Å². The number of hydrogen-bond acceptors (Lipinski definition) is 3. The second-order valence-corrected chi connectivity index (χ2v) is 4.75. The Morgan fingerprint density at radius 3 is 2.95 bits per heavy atom. The molecule has 5 heteroatoms. The van der Waals surface area contributed by atoms with E-state index in [9.17, 15) is 4.79 Å². The molecule has 1 aliphatic heterocycles. The normalized spacial score (nSPS) is 16.5. The predicted octanol–water partition coefficient (Wildman–Crippen LogP) is 3.87. The van der Waals surface area contributed by atoms with Gasteiger partial charge >= 0.3 is 5.97 Å². The molecule has 0 aromatic heterocycles. The molecule has 0 saturated heterocycles. The average Bonchev–Trinajstić information content (AvgIpc) is 2.73. The molecule has 19 heavy (non-hydrogen) atoms. The molecular weight excluding hydrogens is 285 g/mol. The van der Waals surface area contributed by atoms with Crippen molar-refractivity contribution >= 4 is 34.9 Å². The van der Waals surface area contributed by atoms with E-state index in [1.165, 1.54) is 0 Å². The number of ether oxygens (including phenoxy) is 1. The molecule has 0 saturated carbocycles. The first-order valence-electron chi connectivity index (χ1n) is 5.50. The molecule has 0 radical (unpaired) electrons. The van der Waals surface area contributed by atoms with Crippen molar-refractivity contribution < 1.29 is 9.53 Å². The molecular formula is C14H7Cl2NO2. The van der Waals surface area contributed by atoms with Gasteiger partial charge in [0.05, 0.1) is 15.7 Å². The molecule has 1 aliphatic rings. The lowest BCUT2D eigenvalue weighted by molar-refractivity contribution is 0.0437. The Labute approximate surface area is 120 Å². The van der Waals surface area contributed by atoms with Crippen LogP contribution in [-0.4, -0.2) is 5.97 Å². The Bertz CT molecular complexity index is 658. The van der Waals surface area contributed by atoms with Crippen LogP contribution >= 0.6 is 23.2 Å². The number of nitrogens with one attached hydrogen (secondary N) is 1. The van der Waals surface area contributed by atoms with Crippen molar-refractivity contribution in [2.24, 2.45) is 0 Å². The largest absolute Gasteiger partial charge is 0.433 e. The zero-order chi connectivity index (χ0) is 13.4. The molecule has 3 rings (SSSR count). The van der Waals surface area contributed by atoms with Gasteiger partial charge in [-0.15, -0.1) is 0 Å². The molecule has 0 bridgehead atoms. The highest BCUT2D eigenvalue weighted by Gasteiger charge is 2.31. The van der Waals surface area contributed by atoms with E-state index in [2.05, 4.69) is 17.4 Å². The summed E-state index contributed by atoms with van der Waals surface area (Å²) in [6.07, 6.45) is -0.593. The monoisotopic (exact) mass is 291 g/mol. The lowest BCUT2D eigenvalue weighted by atomic mass is 10.1. The minimum atomic E-state index is -0.593. The lowest BCUT2D eigenvalue weighted by Crippen LogP contribution is -2.10. The van der Waals surface area contributed by atoms with Gasteiger partial charge in [0.1, 0.15) is 5.56 Å². The Hall–Kier alpha value is -1.89. The van der Waals surface area contributed by atoms with Gasteiger partial charge in [-0.25, -0.2) is 4.79 Å². The van der Waals surface area contributed by atoms with Gasteiger partial charge in [-0.1, -0.05) is 41.4 Å². The van der Waals surface area contributed by atoms with E-state index in [1.54, 1.807) is 30.3 Å². The van der Waals surface area contributed by atoms with Crippen LogP contribution in [0.15, 0.2) is 30.3 Å². The van der Waals surface area contributed by atoms with Crippen LogP contribution in [-0.2, 0) is 4.74 Å².